The number of nitrogen functional groups attached to an aromatic ring is 1. The van der Waals surface area contributed by atoms with Crippen molar-refractivity contribution in [2.45, 2.75) is 13.2 Å². The first-order valence-electron chi connectivity index (χ1n) is 8.47. The largest absolute Gasteiger partial charge is 0.497 e. The monoisotopic (exact) mass is 383 g/mol. The summed E-state index contributed by atoms with van der Waals surface area (Å²) in [6.07, 6.45) is 6.25. The van der Waals surface area contributed by atoms with Gasteiger partial charge in [-0.25, -0.2) is 15.0 Å². The molecule has 1 amide bonds. The molecule has 28 heavy (non-hydrogen) atoms. The van der Waals surface area contributed by atoms with Crippen LogP contribution in [-0.2, 0) is 22.6 Å². The molecule has 0 unspecified atom stereocenters. The first-order chi connectivity index (χ1) is 13.5. The lowest BCUT2D eigenvalue weighted by Crippen LogP contribution is -2.27. The molecule has 3 N–H and O–H groups in total. The van der Waals surface area contributed by atoms with Gasteiger partial charge in [-0.15, -0.1) is 0 Å². The number of carbonyl (C=O) groups is 1. The van der Waals surface area contributed by atoms with Crippen LogP contribution in [-0.4, -0.2) is 46.2 Å². The zero-order valence-corrected chi connectivity index (χ0v) is 15.7. The van der Waals surface area contributed by atoms with Crippen molar-refractivity contribution in [3.8, 4) is 0 Å². The Morgan fingerprint density at radius 3 is 2.86 bits per heavy atom. The fourth-order valence-electron chi connectivity index (χ4n) is 2.67. The maximum Gasteiger partial charge on any atom is 0.283 e. The standard InChI is InChI=1S/C18H21N7O3/c1-11(28-3)4-5-13-14(10-27-2)23-18(25-7-6-20-15(13)25)24-16(26)12-8-21-17(19)22-9-12/h4-5,8-9,20H,1,6-7,10H2,2-3H3,(H2,19,21,22)/b5-4-,24-18?. The van der Waals surface area contributed by atoms with Crippen LogP contribution in [0, 0.1) is 0 Å². The van der Waals surface area contributed by atoms with E-state index in [1.54, 1.807) is 20.3 Å². The summed E-state index contributed by atoms with van der Waals surface area (Å²) in [6.45, 7) is 5.33. The molecule has 10 heteroatoms. The third-order valence-electron chi connectivity index (χ3n) is 4.04. The third kappa shape index (κ3) is 4.07. The number of methoxy groups -OCH3 is 2. The zero-order chi connectivity index (χ0) is 20.1. The van der Waals surface area contributed by atoms with Gasteiger partial charge in [0.1, 0.15) is 11.6 Å². The van der Waals surface area contributed by atoms with Gasteiger partial charge in [0.15, 0.2) is 0 Å². The van der Waals surface area contributed by atoms with Crippen LogP contribution in [0.25, 0.3) is 6.08 Å². The Labute approximate surface area is 161 Å². The number of hydrogen-bond donors (Lipinski definition) is 2. The summed E-state index contributed by atoms with van der Waals surface area (Å²) >= 11 is 0. The number of nitrogens with two attached hydrogens (primary N) is 1. The number of ether oxygens (including phenoxy) is 2. The molecule has 0 aromatic carbocycles. The second-order valence-electron chi connectivity index (χ2n) is 5.88. The molecule has 0 aliphatic carbocycles. The average Bonchev–Trinajstić information content (AvgIpc) is 3.18. The molecular formula is C18H21N7O3. The molecule has 2 aromatic heterocycles. The number of anilines is 2. The van der Waals surface area contributed by atoms with E-state index in [0.29, 0.717) is 24.5 Å². The molecule has 0 bridgehead atoms. The maximum atomic E-state index is 12.5. The first-order valence-corrected chi connectivity index (χ1v) is 8.47. The zero-order valence-electron chi connectivity index (χ0n) is 15.7. The van der Waals surface area contributed by atoms with Crippen LogP contribution < -0.4 is 16.7 Å². The van der Waals surface area contributed by atoms with E-state index in [-0.39, 0.29) is 23.7 Å². The van der Waals surface area contributed by atoms with E-state index in [4.69, 9.17) is 15.2 Å². The molecule has 0 radical (unpaired) electrons. The van der Waals surface area contributed by atoms with Gasteiger partial charge >= 0.3 is 0 Å². The van der Waals surface area contributed by atoms with E-state index >= 15 is 0 Å². The molecule has 0 fully saturated rings. The summed E-state index contributed by atoms with van der Waals surface area (Å²) < 4.78 is 12.2. The fraction of sp³-hybridized carbons (Fsp3) is 0.278. The molecule has 2 aromatic rings. The summed E-state index contributed by atoms with van der Waals surface area (Å²) in [7, 11) is 3.12. The van der Waals surface area contributed by atoms with Gasteiger partial charge in [-0.05, 0) is 12.2 Å². The van der Waals surface area contributed by atoms with Crippen LogP contribution in [0.1, 0.15) is 21.6 Å². The third-order valence-corrected chi connectivity index (χ3v) is 4.04. The fourth-order valence-corrected chi connectivity index (χ4v) is 2.67. The average molecular weight is 383 g/mol. The number of rotatable bonds is 6. The molecule has 1 aliphatic rings. The summed E-state index contributed by atoms with van der Waals surface area (Å²) in [5.41, 5.74) is 7.41. The second-order valence-corrected chi connectivity index (χ2v) is 5.88. The number of allylic oxidation sites excluding steroid dienone is 1. The SMILES string of the molecule is C=C(/C=C\c1c(COC)nc(=NC(=O)c2cnc(N)nc2)n2c1NCC2)OC. The van der Waals surface area contributed by atoms with E-state index in [2.05, 4.69) is 31.8 Å². The van der Waals surface area contributed by atoms with Crippen molar-refractivity contribution >= 4 is 23.7 Å². The minimum atomic E-state index is -0.506. The van der Waals surface area contributed by atoms with Gasteiger partial charge < -0.3 is 20.5 Å². The highest BCUT2D eigenvalue weighted by Crippen LogP contribution is 2.23. The van der Waals surface area contributed by atoms with Crippen LogP contribution in [0.2, 0.25) is 0 Å². The number of nitrogens with one attached hydrogen (secondary N) is 1. The maximum absolute atomic E-state index is 12.5. The van der Waals surface area contributed by atoms with Gasteiger partial charge in [0, 0.05) is 38.2 Å². The van der Waals surface area contributed by atoms with Gasteiger partial charge in [0.2, 0.25) is 11.6 Å². The Kier molecular flexibility index (Phi) is 5.80. The normalized spacial score (nSPS) is 13.4. The Balaban J connectivity index is 2.10. The number of hydrogen-bond acceptors (Lipinski definition) is 8. The number of nitrogens with zero attached hydrogens (tertiary/aromatic N) is 5. The lowest BCUT2D eigenvalue weighted by Gasteiger charge is -2.12. The minimum Gasteiger partial charge on any atom is -0.497 e. The summed E-state index contributed by atoms with van der Waals surface area (Å²) in [4.78, 5) is 28.8. The Morgan fingerprint density at radius 2 is 2.18 bits per heavy atom. The Bertz CT molecular complexity index is 993. The molecule has 10 nitrogen and oxygen atoms in total. The van der Waals surface area contributed by atoms with Crippen molar-refractivity contribution in [1.82, 2.24) is 19.5 Å². The number of carbonyl (C=O) groups excluding carboxylic acids is 1. The van der Waals surface area contributed by atoms with E-state index < -0.39 is 5.91 Å². The topological polar surface area (TPSA) is 130 Å². The van der Waals surface area contributed by atoms with E-state index in [9.17, 15) is 4.79 Å². The number of fused-ring (bicyclic) bond motifs is 1. The highest BCUT2D eigenvalue weighted by atomic mass is 16.5. The number of amides is 1. The molecule has 0 spiro atoms. The second kappa shape index (κ2) is 8.44. The van der Waals surface area contributed by atoms with Crippen molar-refractivity contribution in [3.05, 3.63) is 53.2 Å². The van der Waals surface area contributed by atoms with Crippen LogP contribution in [0.4, 0.5) is 11.8 Å². The molecule has 146 valence electrons. The molecule has 1 aliphatic heterocycles. The van der Waals surface area contributed by atoms with Gasteiger partial charge in [-0.1, -0.05) is 6.58 Å². The predicted octanol–water partition coefficient (Wildman–Crippen LogP) is 0.742. The quantitative estimate of drug-likeness (QED) is 0.552. The van der Waals surface area contributed by atoms with Crippen LogP contribution >= 0.6 is 0 Å². The predicted molar refractivity (Wildman–Crippen MR) is 103 cm³/mol. The van der Waals surface area contributed by atoms with Crippen LogP contribution in [0.3, 0.4) is 0 Å². The van der Waals surface area contributed by atoms with Crippen molar-refractivity contribution in [2.24, 2.45) is 4.99 Å². The lowest BCUT2D eigenvalue weighted by molar-refractivity contribution is 0.0995. The van der Waals surface area contributed by atoms with Gasteiger partial charge in [-0.3, -0.25) is 9.36 Å². The Hall–Kier alpha value is -3.53. The lowest BCUT2D eigenvalue weighted by atomic mass is 10.2. The molecule has 3 heterocycles. The van der Waals surface area contributed by atoms with E-state index in [1.165, 1.54) is 12.4 Å². The summed E-state index contributed by atoms with van der Waals surface area (Å²) in [5, 5.41) is 3.30. The minimum absolute atomic E-state index is 0.0882. The van der Waals surface area contributed by atoms with Gasteiger partial charge in [0.05, 0.1) is 25.0 Å². The smallest absolute Gasteiger partial charge is 0.283 e. The Morgan fingerprint density at radius 1 is 1.43 bits per heavy atom. The van der Waals surface area contributed by atoms with E-state index in [1.807, 2.05) is 10.6 Å². The molecule has 0 atom stereocenters. The number of aromatic nitrogens is 4. The summed E-state index contributed by atoms with van der Waals surface area (Å²) in [5.74, 6) is 0.883. The molecular weight excluding hydrogens is 362 g/mol. The molecule has 3 rings (SSSR count). The highest BCUT2D eigenvalue weighted by Gasteiger charge is 2.19. The van der Waals surface area contributed by atoms with Crippen molar-refractivity contribution in [3.63, 3.8) is 0 Å². The van der Waals surface area contributed by atoms with Crippen LogP contribution in [0.15, 0.2) is 35.8 Å². The van der Waals surface area contributed by atoms with E-state index in [0.717, 1.165) is 11.4 Å². The van der Waals surface area contributed by atoms with Crippen molar-refractivity contribution in [1.29, 1.82) is 0 Å². The van der Waals surface area contributed by atoms with Crippen molar-refractivity contribution in [2.75, 3.05) is 31.8 Å². The van der Waals surface area contributed by atoms with Gasteiger partial charge in [0.25, 0.3) is 5.91 Å². The van der Waals surface area contributed by atoms with Crippen molar-refractivity contribution < 1.29 is 14.3 Å². The first kappa shape index (κ1) is 19.2. The molecule has 0 saturated carbocycles. The van der Waals surface area contributed by atoms with Gasteiger partial charge in [-0.2, -0.15) is 4.99 Å². The summed E-state index contributed by atoms with van der Waals surface area (Å²) in [6, 6.07) is 0. The molecule has 0 saturated heterocycles. The van der Waals surface area contributed by atoms with Crippen LogP contribution in [0.5, 0.6) is 0 Å². The highest BCUT2D eigenvalue weighted by molar-refractivity contribution is 5.94.